The molecular formula is C15H17N3O2. The molecule has 1 amide bonds. The van der Waals surface area contributed by atoms with Crippen LogP contribution in [-0.2, 0) is 4.79 Å². The van der Waals surface area contributed by atoms with E-state index >= 15 is 0 Å². The van der Waals surface area contributed by atoms with Gasteiger partial charge in [-0.3, -0.25) is 4.79 Å². The topological polar surface area (TPSA) is 59.2 Å². The minimum Gasteiger partial charge on any atom is -0.343 e. The highest BCUT2D eigenvalue weighted by atomic mass is 16.5. The Balaban J connectivity index is 1.71. The fraction of sp³-hybridized carbons (Fsp3) is 0.400. The molecule has 0 aliphatic carbocycles. The highest BCUT2D eigenvalue weighted by molar-refractivity contribution is 5.73. The highest BCUT2D eigenvalue weighted by Gasteiger charge is 2.26. The third-order valence-corrected chi connectivity index (χ3v) is 3.76. The molecule has 3 rings (SSSR count). The zero-order chi connectivity index (χ0) is 13.9. The summed E-state index contributed by atoms with van der Waals surface area (Å²) in [4.78, 5) is 17.7. The van der Waals surface area contributed by atoms with Crippen molar-refractivity contribution < 1.29 is 9.32 Å². The van der Waals surface area contributed by atoms with Crippen LogP contribution in [-0.4, -0.2) is 34.0 Å². The van der Waals surface area contributed by atoms with Gasteiger partial charge in [0.25, 0.3) is 0 Å². The second kappa shape index (κ2) is 5.45. The summed E-state index contributed by atoms with van der Waals surface area (Å²) in [5.41, 5.74) is 0.962. The molecule has 1 aliphatic heterocycles. The maximum Gasteiger partial charge on any atom is 0.230 e. The second-order valence-corrected chi connectivity index (χ2v) is 5.10. The van der Waals surface area contributed by atoms with Crippen LogP contribution in [0.5, 0.6) is 0 Å². The summed E-state index contributed by atoms with van der Waals surface area (Å²) in [5, 5.41) is 4.05. The van der Waals surface area contributed by atoms with E-state index in [9.17, 15) is 4.79 Å². The number of hydrogen-bond acceptors (Lipinski definition) is 4. The van der Waals surface area contributed by atoms with Crippen LogP contribution < -0.4 is 0 Å². The first-order chi connectivity index (χ1) is 9.74. The summed E-state index contributed by atoms with van der Waals surface area (Å²) in [7, 11) is 0. The number of rotatable bonds is 2. The van der Waals surface area contributed by atoms with Gasteiger partial charge in [-0.1, -0.05) is 35.5 Å². The van der Waals surface area contributed by atoms with Gasteiger partial charge in [0.2, 0.25) is 17.6 Å². The molecule has 0 radical (unpaired) electrons. The van der Waals surface area contributed by atoms with Crippen molar-refractivity contribution in [3.05, 3.63) is 36.2 Å². The molecule has 2 heterocycles. The van der Waals surface area contributed by atoms with Crippen molar-refractivity contribution in [3.8, 4) is 11.4 Å². The Morgan fingerprint density at radius 2 is 1.95 bits per heavy atom. The molecule has 20 heavy (non-hydrogen) atoms. The zero-order valence-corrected chi connectivity index (χ0v) is 11.5. The van der Waals surface area contributed by atoms with E-state index in [0.29, 0.717) is 11.7 Å². The van der Waals surface area contributed by atoms with Gasteiger partial charge in [0.05, 0.1) is 0 Å². The standard InChI is InChI=1S/C15H17N3O2/c1-11(19)18-9-7-13(8-10-18)15-16-14(17-20-15)12-5-3-2-4-6-12/h2-6,13H,7-10H2,1H3. The summed E-state index contributed by atoms with van der Waals surface area (Å²) >= 11 is 0. The molecule has 1 aliphatic rings. The fourth-order valence-corrected chi connectivity index (χ4v) is 2.55. The molecule has 1 aromatic carbocycles. The number of amides is 1. The summed E-state index contributed by atoms with van der Waals surface area (Å²) in [6.07, 6.45) is 1.77. The Bertz CT molecular complexity index is 586. The molecule has 0 spiro atoms. The number of piperidine rings is 1. The van der Waals surface area contributed by atoms with Crippen LogP contribution in [0.3, 0.4) is 0 Å². The summed E-state index contributed by atoms with van der Waals surface area (Å²) < 4.78 is 5.39. The van der Waals surface area contributed by atoms with Crippen LogP contribution in [0.1, 0.15) is 31.6 Å². The molecule has 1 saturated heterocycles. The molecule has 2 aromatic rings. The van der Waals surface area contributed by atoms with Crippen molar-refractivity contribution in [2.75, 3.05) is 13.1 Å². The van der Waals surface area contributed by atoms with E-state index in [1.807, 2.05) is 35.2 Å². The third kappa shape index (κ3) is 2.57. The lowest BCUT2D eigenvalue weighted by molar-refractivity contribution is -0.129. The van der Waals surface area contributed by atoms with Gasteiger partial charge in [0.15, 0.2) is 0 Å². The van der Waals surface area contributed by atoms with Crippen molar-refractivity contribution in [3.63, 3.8) is 0 Å². The van der Waals surface area contributed by atoms with Crippen LogP contribution in [0.25, 0.3) is 11.4 Å². The molecule has 5 heteroatoms. The molecule has 0 N–H and O–H groups in total. The van der Waals surface area contributed by atoms with Gasteiger partial charge in [-0.25, -0.2) is 0 Å². The molecule has 0 unspecified atom stereocenters. The van der Waals surface area contributed by atoms with Crippen molar-refractivity contribution in [2.45, 2.75) is 25.7 Å². The number of nitrogens with zero attached hydrogens (tertiary/aromatic N) is 3. The van der Waals surface area contributed by atoms with Crippen molar-refractivity contribution in [2.24, 2.45) is 0 Å². The van der Waals surface area contributed by atoms with Crippen LogP contribution >= 0.6 is 0 Å². The minimum absolute atomic E-state index is 0.138. The van der Waals surface area contributed by atoms with Gasteiger partial charge in [-0.2, -0.15) is 4.98 Å². The summed E-state index contributed by atoms with van der Waals surface area (Å²) in [6.45, 7) is 3.15. The largest absolute Gasteiger partial charge is 0.343 e. The number of hydrogen-bond donors (Lipinski definition) is 0. The van der Waals surface area contributed by atoms with Crippen LogP contribution in [0.4, 0.5) is 0 Å². The van der Waals surface area contributed by atoms with Crippen molar-refractivity contribution in [1.82, 2.24) is 15.0 Å². The molecule has 0 bridgehead atoms. The zero-order valence-electron chi connectivity index (χ0n) is 11.5. The lowest BCUT2D eigenvalue weighted by Gasteiger charge is -2.29. The average Bonchev–Trinajstić information content (AvgIpc) is 2.98. The Morgan fingerprint density at radius 1 is 1.25 bits per heavy atom. The predicted octanol–water partition coefficient (Wildman–Crippen LogP) is 2.46. The van der Waals surface area contributed by atoms with E-state index in [4.69, 9.17) is 4.52 Å². The molecule has 0 atom stereocenters. The molecule has 104 valence electrons. The first-order valence-corrected chi connectivity index (χ1v) is 6.88. The molecule has 5 nitrogen and oxygen atoms in total. The van der Waals surface area contributed by atoms with Crippen LogP contribution in [0.2, 0.25) is 0 Å². The quantitative estimate of drug-likeness (QED) is 0.842. The number of carbonyl (C=O) groups is 1. The highest BCUT2D eigenvalue weighted by Crippen LogP contribution is 2.28. The number of carbonyl (C=O) groups excluding carboxylic acids is 1. The van der Waals surface area contributed by atoms with Gasteiger partial charge in [-0.05, 0) is 12.8 Å². The van der Waals surface area contributed by atoms with Gasteiger partial charge >= 0.3 is 0 Å². The first kappa shape index (κ1) is 12.8. The fourth-order valence-electron chi connectivity index (χ4n) is 2.55. The Morgan fingerprint density at radius 3 is 2.60 bits per heavy atom. The number of aromatic nitrogens is 2. The molecular weight excluding hydrogens is 254 g/mol. The Labute approximate surface area is 117 Å². The maximum atomic E-state index is 11.3. The average molecular weight is 271 g/mol. The monoisotopic (exact) mass is 271 g/mol. The van der Waals surface area contributed by atoms with E-state index in [2.05, 4.69) is 10.1 Å². The van der Waals surface area contributed by atoms with Gasteiger partial charge in [0.1, 0.15) is 0 Å². The van der Waals surface area contributed by atoms with E-state index in [-0.39, 0.29) is 11.8 Å². The molecule has 1 aromatic heterocycles. The first-order valence-electron chi connectivity index (χ1n) is 6.88. The minimum atomic E-state index is 0.138. The van der Waals surface area contributed by atoms with Crippen LogP contribution in [0.15, 0.2) is 34.9 Å². The predicted molar refractivity (Wildman–Crippen MR) is 74.0 cm³/mol. The summed E-state index contributed by atoms with van der Waals surface area (Å²) in [6, 6.07) is 9.80. The SMILES string of the molecule is CC(=O)N1CCC(c2nc(-c3ccccc3)no2)CC1. The van der Waals surface area contributed by atoms with Crippen LogP contribution in [0, 0.1) is 0 Å². The smallest absolute Gasteiger partial charge is 0.230 e. The summed E-state index contributed by atoms with van der Waals surface area (Å²) in [5.74, 6) is 1.72. The van der Waals surface area contributed by atoms with Gasteiger partial charge in [-0.15, -0.1) is 0 Å². The van der Waals surface area contributed by atoms with Gasteiger partial charge in [0, 0.05) is 31.5 Å². The second-order valence-electron chi connectivity index (χ2n) is 5.10. The van der Waals surface area contributed by atoms with Crippen molar-refractivity contribution in [1.29, 1.82) is 0 Å². The third-order valence-electron chi connectivity index (χ3n) is 3.76. The normalized spacial score (nSPS) is 16.4. The molecule has 1 fully saturated rings. The Hall–Kier alpha value is -2.17. The Kier molecular flexibility index (Phi) is 3.50. The van der Waals surface area contributed by atoms with E-state index in [1.54, 1.807) is 6.92 Å². The van der Waals surface area contributed by atoms with E-state index in [1.165, 1.54) is 0 Å². The van der Waals surface area contributed by atoms with E-state index in [0.717, 1.165) is 31.5 Å². The van der Waals surface area contributed by atoms with E-state index < -0.39 is 0 Å². The van der Waals surface area contributed by atoms with Gasteiger partial charge < -0.3 is 9.42 Å². The maximum absolute atomic E-state index is 11.3. The van der Waals surface area contributed by atoms with Crippen molar-refractivity contribution >= 4 is 5.91 Å². The lowest BCUT2D eigenvalue weighted by atomic mass is 9.97. The number of benzene rings is 1. The molecule has 0 saturated carbocycles. The number of likely N-dealkylation sites (tertiary alicyclic amines) is 1. The lowest BCUT2D eigenvalue weighted by Crippen LogP contribution is -2.36.